The van der Waals surface area contributed by atoms with Crippen molar-refractivity contribution in [3.63, 3.8) is 0 Å². The average Bonchev–Trinajstić information content (AvgIpc) is 3.12. The van der Waals surface area contributed by atoms with Crippen LogP contribution in [-0.4, -0.2) is 38.1 Å². The molecule has 1 aromatic carbocycles. The fourth-order valence-corrected chi connectivity index (χ4v) is 3.64. The second-order valence-corrected chi connectivity index (χ2v) is 6.77. The number of amides is 1. The molecule has 3 rings (SSSR count). The van der Waals surface area contributed by atoms with Crippen molar-refractivity contribution in [1.29, 1.82) is 0 Å². The van der Waals surface area contributed by atoms with Gasteiger partial charge in [-0.3, -0.25) is 4.79 Å². The summed E-state index contributed by atoms with van der Waals surface area (Å²) in [4.78, 5) is 14.4. The summed E-state index contributed by atoms with van der Waals surface area (Å²) in [6.07, 6.45) is 4.42. The lowest BCUT2D eigenvalue weighted by Crippen LogP contribution is -2.50. The highest BCUT2D eigenvalue weighted by Gasteiger charge is 2.45. The summed E-state index contributed by atoms with van der Waals surface area (Å²) in [6.45, 7) is 4.17. The number of hydrogen-bond donors (Lipinski definition) is 0. The van der Waals surface area contributed by atoms with E-state index in [2.05, 4.69) is 22.4 Å². The van der Waals surface area contributed by atoms with E-state index in [4.69, 9.17) is 0 Å². The van der Waals surface area contributed by atoms with Gasteiger partial charge in [-0.15, -0.1) is 5.10 Å². The first kappa shape index (κ1) is 16.6. The van der Waals surface area contributed by atoms with Gasteiger partial charge in [0.1, 0.15) is 5.54 Å². The normalized spacial score (nSPS) is 23.9. The minimum absolute atomic E-state index is 0.132. The first-order valence-corrected chi connectivity index (χ1v) is 8.69. The third-order valence-corrected chi connectivity index (χ3v) is 5.31. The van der Waals surface area contributed by atoms with Crippen LogP contribution in [0, 0.1) is 5.92 Å². The Kier molecular flexibility index (Phi) is 4.64. The van der Waals surface area contributed by atoms with E-state index < -0.39 is 5.54 Å². The summed E-state index contributed by atoms with van der Waals surface area (Å²) in [7, 11) is 1.89. The summed E-state index contributed by atoms with van der Waals surface area (Å²) in [6, 6.07) is 9.88. The second-order valence-electron chi connectivity index (χ2n) is 6.77. The predicted octanol–water partition coefficient (Wildman–Crippen LogP) is 2.94. The van der Waals surface area contributed by atoms with Crippen LogP contribution in [0.3, 0.4) is 0 Å². The SMILES string of the molecule is CCC(=O)N(C)C1(c2nnnn2-c2ccccc2)CCC(C)CC1. The molecule has 1 amide bonds. The van der Waals surface area contributed by atoms with Gasteiger partial charge in [0, 0.05) is 13.5 Å². The Labute approximate surface area is 142 Å². The number of aromatic nitrogens is 4. The Bertz CT molecular complexity index is 688. The smallest absolute Gasteiger partial charge is 0.222 e. The zero-order valence-corrected chi connectivity index (χ0v) is 14.6. The number of carbonyl (C=O) groups is 1. The maximum atomic E-state index is 12.5. The van der Waals surface area contributed by atoms with E-state index in [9.17, 15) is 4.79 Å². The molecule has 6 nitrogen and oxygen atoms in total. The zero-order valence-electron chi connectivity index (χ0n) is 14.6. The van der Waals surface area contributed by atoms with Gasteiger partial charge in [-0.05, 0) is 54.2 Å². The van der Waals surface area contributed by atoms with Crippen LogP contribution in [0.25, 0.3) is 5.69 Å². The highest BCUT2D eigenvalue weighted by Crippen LogP contribution is 2.43. The molecule has 1 aliphatic rings. The maximum Gasteiger partial charge on any atom is 0.222 e. The van der Waals surface area contributed by atoms with Crippen molar-refractivity contribution in [2.45, 2.75) is 51.5 Å². The molecule has 0 bridgehead atoms. The lowest BCUT2D eigenvalue weighted by molar-refractivity contribution is -0.138. The number of tetrazole rings is 1. The fraction of sp³-hybridized carbons (Fsp3) is 0.556. The number of benzene rings is 1. The van der Waals surface area contributed by atoms with Gasteiger partial charge in [-0.25, -0.2) is 0 Å². The van der Waals surface area contributed by atoms with Crippen molar-refractivity contribution in [1.82, 2.24) is 25.1 Å². The van der Waals surface area contributed by atoms with E-state index in [0.717, 1.165) is 37.2 Å². The van der Waals surface area contributed by atoms with Crippen molar-refractivity contribution >= 4 is 5.91 Å². The molecule has 6 heteroatoms. The molecular weight excluding hydrogens is 302 g/mol. The minimum Gasteiger partial charge on any atom is -0.333 e. The number of hydrogen-bond acceptors (Lipinski definition) is 4. The van der Waals surface area contributed by atoms with Crippen molar-refractivity contribution in [3.8, 4) is 5.69 Å². The van der Waals surface area contributed by atoms with Crippen LogP contribution in [-0.2, 0) is 10.3 Å². The maximum absolute atomic E-state index is 12.5. The highest BCUT2D eigenvalue weighted by molar-refractivity contribution is 5.76. The van der Waals surface area contributed by atoms with Gasteiger partial charge in [0.05, 0.1) is 5.69 Å². The van der Waals surface area contributed by atoms with E-state index >= 15 is 0 Å². The predicted molar refractivity (Wildman–Crippen MR) is 91.5 cm³/mol. The van der Waals surface area contributed by atoms with E-state index in [1.807, 2.05) is 49.2 Å². The third-order valence-electron chi connectivity index (χ3n) is 5.31. The van der Waals surface area contributed by atoms with Gasteiger partial charge in [0.25, 0.3) is 0 Å². The van der Waals surface area contributed by atoms with Gasteiger partial charge in [0.2, 0.25) is 5.91 Å². The monoisotopic (exact) mass is 327 g/mol. The number of carbonyl (C=O) groups excluding carboxylic acids is 1. The number of nitrogens with zero attached hydrogens (tertiary/aromatic N) is 5. The second kappa shape index (κ2) is 6.71. The highest BCUT2D eigenvalue weighted by atomic mass is 16.2. The van der Waals surface area contributed by atoms with Crippen LogP contribution in [0.4, 0.5) is 0 Å². The first-order valence-electron chi connectivity index (χ1n) is 8.69. The third kappa shape index (κ3) is 2.81. The van der Waals surface area contributed by atoms with Crippen LogP contribution in [0.1, 0.15) is 51.8 Å². The number of rotatable bonds is 4. The van der Waals surface area contributed by atoms with Crippen LogP contribution in [0.2, 0.25) is 0 Å². The van der Waals surface area contributed by atoms with Gasteiger partial charge >= 0.3 is 0 Å². The van der Waals surface area contributed by atoms with Gasteiger partial charge < -0.3 is 4.90 Å². The minimum atomic E-state index is -0.432. The molecule has 1 aliphatic carbocycles. The molecule has 0 spiro atoms. The van der Waals surface area contributed by atoms with Crippen LogP contribution in [0.5, 0.6) is 0 Å². The molecule has 24 heavy (non-hydrogen) atoms. The summed E-state index contributed by atoms with van der Waals surface area (Å²) in [5.74, 6) is 1.57. The van der Waals surface area contributed by atoms with Crippen LogP contribution < -0.4 is 0 Å². The molecule has 1 heterocycles. The van der Waals surface area contributed by atoms with Crippen LogP contribution >= 0.6 is 0 Å². The summed E-state index contributed by atoms with van der Waals surface area (Å²) in [5, 5.41) is 12.5. The summed E-state index contributed by atoms with van der Waals surface area (Å²) in [5.41, 5.74) is 0.492. The molecule has 2 aromatic rings. The molecule has 0 unspecified atom stereocenters. The molecule has 0 atom stereocenters. The largest absolute Gasteiger partial charge is 0.333 e. The molecule has 1 saturated carbocycles. The Morgan fingerprint density at radius 3 is 2.58 bits per heavy atom. The van der Waals surface area contributed by atoms with Gasteiger partial charge in [-0.1, -0.05) is 32.0 Å². The fourth-order valence-electron chi connectivity index (χ4n) is 3.64. The van der Waals surface area contributed by atoms with E-state index in [1.54, 1.807) is 4.68 Å². The molecular formula is C18H25N5O. The Morgan fingerprint density at radius 1 is 1.29 bits per heavy atom. The Morgan fingerprint density at radius 2 is 1.96 bits per heavy atom. The van der Waals surface area contributed by atoms with Gasteiger partial charge in [-0.2, -0.15) is 4.68 Å². The molecule has 0 saturated heterocycles. The first-order chi connectivity index (χ1) is 11.6. The number of para-hydroxylation sites is 1. The van der Waals surface area contributed by atoms with Gasteiger partial charge in [0.15, 0.2) is 5.82 Å². The van der Waals surface area contributed by atoms with Crippen molar-refractivity contribution in [2.75, 3.05) is 7.05 Å². The van der Waals surface area contributed by atoms with Crippen LogP contribution in [0.15, 0.2) is 30.3 Å². The van der Waals surface area contributed by atoms with Crippen molar-refractivity contribution in [2.24, 2.45) is 5.92 Å². The molecule has 1 aromatic heterocycles. The summed E-state index contributed by atoms with van der Waals surface area (Å²) < 4.78 is 1.79. The molecule has 0 radical (unpaired) electrons. The molecule has 0 aliphatic heterocycles. The molecule has 1 fully saturated rings. The standard InChI is InChI=1S/C18H25N5O/c1-4-16(24)22(3)18(12-10-14(2)11-13-18)17-19-20-21-23(17)15-8-6-5-7-9-15/h5-9,14H,4,10-13H2,1-3H3. The van der Waals surface area contributed by atoms with E-state index in [0.29, 0.717) is 12.3 Å². The summed E-state index contributed by atoms with van der Waals surface area (Å²) >= 11 is 0. The Hall–Kier alpha value is -2.24. The zero-order chi connectivity index (χ0) is 17.2. The molecule has 0 N–H and O–H groups in total. The lowest BCUT2D eigenvalue weighted by atomic mass is 9.75. The average molecular weight is 327 g/mol. The lowest BCUT2D eigenvalue weighted by Gasteiger charge is -2.44. The van der Waals surface area contributed by atoms with Crippen molar-refractivity contribution < 1.29 is 4.79 Å². The van der Waals surface area contributed by atoms with E-state index in [-0.39, 0.29) is 5.91 Å². The molecule has 128 valence electrons. The quantitative estimate of drug-likeness (QED) is 0.866. The van der Waals surface area contributed by atoms with E-state index in [1.165, 1.54) is 0 Å². The van der Waals surface area contributed by atoms with Crippen molar-refractivity contribution in [3.05, 3.63) is 36.2 Å². The Balaban J connectivity index is 2.08. The topological polar surface area (TPSA) is 63.9 Å².